The lowest BCUT2D eigenvalue weighted by atomic mass is 10.3. The molecule has 78 valence electrons. The van der Waals surface area contributed by atoms with Gasteiger partial charge in [-0.15, -0.1) is 0 Å². The van der Waals surface area contributed by atoms with Crippen LogP contribution in [0.15, 0.2) is 24.3 Å². The zero-order valence-electron chi connectivity index (χ0n) is 8.59. The molecule has 0 saturated heterocycles. The standard InChI is InChI=1S/C11H16FNO/c1-3-13-9(2)8-14-11-7-5-4-6-10(11)12/h4-7,9,13H,3,8H2,1-2H3. The van der Waals surface area contributed by atoms with Crippen molar-refractivity contribution in [3.8, 4) is 5.75 Å². The van der Waals surface area contributed by atoms with Gasteiger partial charge in [-0.1, -0.05) is 19.1 Å². The summed E-state index contributed by atoms with van der Waals surface area (Å²) >= 11 is 0. The minimum Gasteiger partial charge on any atom is -0.489 e. The highest BCUT2D eigenvalue weighted by Crippen LogP contribution is 2.15. The number of rotatable bonds is 5. The van der Waals surface area contributed by atoms with Crippen molar-refractivity contribution in [2.24, 2.45) is 0 Å². The molecular weight excluding hydrogens is 181 g/mol. The van der Waals surface area contributed by atoms with E-state index in [1.54, 1.807) is 18.2 Å². The van der Waals surface area contributed by atoms with E-state index in [-0.39, 0.29) is 11.9 Å². The van der Waals surface area contributed by atoms with Crippen LogP contribution in [0.1, 0.15) is 13.8 Å². The third-order valence-corrected chi connectivity index (χ3v) is 1.88. The quantitative estimate of drug-likeness (QED) is 0.781. The number of para-hydroxylation sites is 1. The topological polar surface area (TPSA) is 21.3 Å². The van der Waals surface area contributed by atoms with Gasteiger partial charge in [0.1, 0.15) is 6.61 Å². The van der Waals surface area contributed by atoms with Crippen LogP contribution in [0.25, 0.3) is 0 Å². The van der Waals surface area contributed by atoms with Gasteiger partial charge >= 0.3 is 0 Å². The largest absolute Gasteiger partial charge is 0.489 e. The second kappa shape index (κ2) is 5.60. The molecule has 0 fully saturated rings. The summed E-state index contributed by atoms with van der Waals surface area (Å²) in [7, 11) is 0. The van der Waals surface area contributed by atoms with E-state index in [0.29, 0.717) is 12.4 Å². The maximum atomic E-state index is 13.1. The van der Waals surface area contributed by atoms with E-state index in [1.807, 2.05) is 13.8 Å². The van der Waals surface area contributed by atoms with Crippen molar-refractivity contribution in [1.29, 1.82) is 0 Å². The molecule has 1 atom stereocenters. The van der Waals surface area contributed by atoms with Crippen molar-refractivity contribution in [3.05, 3.63) is 30.1 Å². The Morgan fingerprint density at radius 3 is 2.79 bits per heavy atom. The van der Waals surface area contributed by atoms with Gasteiger partial charge in [0.2, 0.25) is 0 Å². The lowest BCUT2D eigenvalue weighted by Gasteiger charge is -2.13. The Bertz CT molecular complexity index is 278. The summed E-state index contributed by atoms with van der Waals surface area (Å²) in [5.74, 6) is 0.00783. The van der Waals surface area contributed by atoms with Crippen LogP contribution in [0.2, 0.25) is 0 Å². The summed E-state index contributed by atoms with van der Waals surface area (Å²) in [5, 5.41) is 3.19. The second-order valence-corrected chi connectivity index (χ2v) is 3.20. The summed E-state index contributed by atoms with van der Waals surface area (Å²) in [6.45, 7) is 5.40. The highest BCUT2D eigenvalue weighted by atomic mass is 19.1. The van der Waals surface area contributed by atoms with Crippen molar-refractivity contribution in [2.45, 2.75) is 19.9 Å². The highest BCUT2D eigenvalue weighted by Gasteiger charge is 2.04. The first-order valence-corrected chi connectivity index (χ1v) is 4.84. The van der Waals surface area contributed by atoms with Crippen LogP contribution in [0, 0.1) is 5.82 Å². The van der Waals surface area contributed by atoms with Crippen LogP contribution >= 0.6 is 0 Å². The fourth-order valence-electron chi connectivity index (χ4n) is 1.18. The van der Waals surface area contributed by atoms with Crippen LogP contribution in [0.5, 0.6) is 5.75 Å². The maximum Gasteiger partial charge on any atom is 0.165 e. The molecule has 0 radical (unpaired) electrons. The Hall–Kier alpha value is -1.09. The zero-order chi connectivity index (χ0) is 10.4. The summed E-state index contributed by atoms with van der Waals surface area (Å²) in [6.07, 6.45) is 0. The van der Waals surface area contributed by atoms with E-state index >= 15 is 0 Å². The molecule has 0 aliphatic heterocycles. The number of hydrogen-bond acceptors (Lipinski definition) is 2. The number of ether oxygens (including phenoxy) is 1. The van der Waals surface area contributed by atoms with Gasteiger partial charge in [-0.25, -0.2) is 4.39 Å². The maximum absolute atomic E-state index is 13.1. The van der Waals surface area contributed by atoms with E-state index in [4.69, 9.17) is 4.74 Å². The van der Waals surface area contributed by atoms with Crippen molar-refractivity contribution < 1.29 is 9.13 Å². The summed E-state index contributed by atoms with van der Waals surface area (Å²) in [5.41, 5.74) is 0. The van der Waals surface area contributed by atoms with Gasteiger partial charge in [0.15, 0.2) is 11.6 Å². The number of halogens is 1. The fraction of sp³-hybridized carbons (Fsp3) is 0.455. The third kappa shape index (κ3) is 3.34. The van der Waals surface area contributed by atoms with E-state index in [0.717, 1.165) is 6.54 Å². The number of likely N-dealkylation sites (N-methyl/N-ethyl adjacent to an activating group) is 1. The molecule has 0 spiro atoms. The Morgan fingerprint density at radius 2 is 2.14 bits per heavy atom. The number of hydrogen-bond donors (Lipinski definition) is 1. The minimum atomic E-state index is -0.309. The Balaban J connectivity index is 2.41. The SMILES string of the molecule is CCNC(C)COc1ccccc1F. The fourth-order valence-corrected chi connectivity index (χ4v) is 1.18. The molecule has 1 rings (SSSR count). The van der Waals surface area contributed by atoms with Crippen LogP contribution in [-0.2, 0) is 0 Å². The Morgan fingerprint density at radius 1 is 1.43 bits per heavy atom. The minimum absolute atomic E-state index is 0.236. The van der Waals surface area contributed by atoms with Crippen LogP contribution in [0.3, 0.4) is 0 Å². The van der Waals surface area contributed by atoms with Crippen molar-refractivity contribution >= 4 is 0 Å². The molecule has 2 nitrogen and oxygen atoms in total. The van der Waals surface area contributed by atoms with Gasteiger partial charge in [-0.2, -0.15) is 0 Å². The van der Waals surface area contributed by atoms with Crippen LogP contribution < -0.4 is 10.1 Å². The van der Waals surface area contributed by atoms with Gasteiger partial charge in [0.05, 0.1) is 0 Å². The first-order chi connectivity index (χ1) is 6.74. The molecule has 0 heterocycles. The third-order valence-electron chi connectivity index (χ3n) is 1.88. The van der Waals surface area contributed by atoms with Crippen molar-refractivity contribution in [2.75, 3.05) is 13.2 Å². The monoisotopic (exact) mass is 197 g/mol. The summed E-state index contributed by atoms with van der Waals surface area (Å²) < 4.78 is 18.4. The first-order valence-electron chi connectivity index (χ1n) is 4.84. The second-order valence-electron chi connectivity index (χ2n) is 3.20. The molecule has 0 bridgehead atoms. The van der Waals surface area contributed by atoms with E-state index < -0.39 is 0 Å². The van der Waals surface area contributed by atoms with Crippen molar-refractivity contribution in [3.63, 3.8) is 0 Å². The molecule has 0 aliphatic carbocycles. The van der Waals surface area contributed by atoms with Gasteiger partial charge in [0, 0.05) is 6.04 Å². The molecule has 14 heavy (non-hydrogen) atoms. The van der Waals surface area contributed by atoms with Crippen LogP contribution in [0.4, 0.5) is 4.39 Å². The predicted molar refractivity (Wildman–Crippen MR) is 55.0 cm³/mol. The van der Waals surface area contributed by atoms with Gasteiger partial charge in [0.25, 0.3) is 0 Å². The average Bonchev–Trinajstić information content (AvgIpc) is 2.17. The molecule has 1 aromatic rings. The van der Waals surface area contributed by atoms with E-state index in [9.17, 15) is 4.39 Å². The first kappa shape index (κ1) is 11.0. The molecule has 0 saturated carbocycles. The molecule has 1 N–H and O–H groups in total. The molecule has 1 unspecified atom stereocenters. The summed E-state index contributed by atoms with van der Waals surface area (Å²) in [4.78, 5) is 0. The summed E-state index contributed by atoms with van der Waals surface area (Å²) in [6, 6.07) is 6.67. The molecule has 0 aromatic heterocycles. The van der Waals surface area contributed by atoms with Gasteiger partial charge in [-0.05, 0) is 25.6 Å². The highest BCUT2D eigenvalue weighted by molar-refractivity contribution is 5.23. The van der Waals surface area contributed by atoms with Gasteiger partial charge in [-0.3, -0.25) is 0 Å². The van der Waals surface area contributed by atoms with Gasteiger partial charge < -0.3 is 10.1 Å². The molecule has 0 amide bonds. The Labute approximate surface area is 84.1 Å². The van der Waals surface area contributed by atoms with Crippen molar-refractivity contribution in [1.82, 2.24) is 5.32 Å². The molecule has 1 aromatic carbocycles. The lowest BCUT2D eigenvalue weighted by Crippen LogP contribution is -2.31. The smallest absolute Gasteiger partial charge is 0.165 e. The molecular formula is C11H16FNO. The lowest BCUT2D eigenvalue weighted by molar-refractivity contribution is 0.264. The zero-order valence-corrected chi connectivity index (χ0v) is 8.59. The average molecular weight is 197 g/mol. The Kier molecular flexibility index (Phi) is 4.40. The number of nitrogens with one attached hydrogen (secondary N) is 1. The van der Waals surface area contributed by atoms with Crippen LogP contribution in [-0.4, -0.2) is 19.2 Å². The molecule has 0 aliphatic rings. The molecule has 3 heteroatoms. The predicted octanol–water partition coefficient (Wildman–Crippen LogP) is 2.20. The normalized spacial score (nSPS) is 12.5. The van der Waals surface area contributed by atoms with E-state index in [2.05, 4.69) is 5.32 Å². The van der Waals surface area contributed by atoms with E-state index in [1.165, 1.54) is 6.07 Å². The number of benzene rings is 1.